The largest absolute Gasteiger partial charge is 0.416 e. The minimum atomic E-state index is -4.32. The fourth-order valence-corrected chi connectivity index (χ4v) is 3.03. The van der Waals surface area contributed by atoms with E-state index in [-0.39, 0.29) is 18.6 Å². The third-order valence-corrected chi connectivity index (χ3v) is 4.39. The molecule has 1 aliphatic heterocycles. The van der Waals surface area contributed by atoms with Crippen LogP contribution >= 0.6 is 0 Å². The number of hydrogen-bond donors (Lipinski definition) is 0. The highest BCUT2D eigenvalue weighted by Crippen LogP contribution is 2.30. The molecule has 0 spiro atoms. The summed E-state index contributed by atoms with van der Waals surface area (Å²) in [5.74, 6) is -0.0171. The first-order valence-corrected chi connectivity index (χ1v) is 7.94. The number of methoxy groups -OCH3 is 1. The molecule has 1 saturated heterocycles. The Morgan fingerprint density at radius 2 is 2.00 bits per heavy atom. The second-order valence-corrected chi connectivity index (χ2v) is 6.16. The monoisotopic (exact) mass is 344 g/mol. The summed E-state index contributed by atoms with van der Waals surface area (Å²) < 4.78 is 43.2. The van der Waals surface area contributed by atoms with Crippen LogP contribution in [-0.2, 0) is 22.3 Å². The number of nitrogens with zero attached hydrogens (tertiary/aromatic N) is 2. The molecule has 1 aromatic rings. The van der Waals surface area contributed by atoms with Crippen molar-refractivity contribution in [3.8, 4) is 0 Å². The van der Waals surface area contributed by atoms with Crippen molar-refractivity contribution in [3.63, 3.8) is 0 Å². The molecule has 0 N–H and O–H groups in total. The van der Waals surface area contributed by atoms with Crippen molar-refractivity contribution in [3.05, 3.63) is 35.4 Å². The molecule has 1 aromatic carbocycles. The van der Waals surface area contributed by atoms with Crippen molar-refractivity contribution in [2.24, 2.45) is 0 Å². The lowest BCUT2D eigenvalue weighted by molar-refractivity contribution is -0.137. The van der Waals surface area contributed by atoms with Crippen LogP contribution in [0.2, 0.25) is 0 Å². The molecule has 134 valence electrons. The van der Waals surface area contributed by atoms with Gasteiger partial charge >= 0.3 is 6.18 Å². The molecule has 0 atom stereocenters. The van der Waals surface area contributed by atoms with Crippen LogP contribution in [0.1, 0.15) is 24.0 Å². The summed E-state index contributed by atoms with van der Waals surface area (Å²) in [6, 6.07) is 5.70. The van der Waals surface area contributed by atoms with Crippen molar-refractivity contribution in [2.45, 2.75) is 31.6 Å². The molecule has 0 unspecified atom stereocenters. The molecule has 1 fully saturated rings. The second-order valence-electron chi connectivity index (χ2n) is 6.16. The highest BCUT2D eigenvalue weighted by molar-refractivity contribution is 5.77. The number of hydrogen-bond acceptors (Lipinski definition) is 3. The maximum atomic E-state index is 12.8. The number of benzene rings is 1. The molecule has 1 aliphatic rings. The Labute approximate surface area is 140 Å². The van der Waals surface area contributed by atoms with Crippen LogP contribution in [0.3, 0.4) is 0 Å². The van der Waals surface area contributed by atoms with Crippen LogP contribution in [0.5, 0.6) is 0 Å². The molecule has 1 heterocycles. The third-order valence-electron chi connectivity index (χ3n) is 4.39. The number of likely N-dealkylation sites (tertiary alicyclic amines) is 1. The van der Waals surface area contributed by atoms with Crippen LogP contribution in [0.15, 0.2) is 24.3 Å². The van der Waals surface area contributed by atoms with Crippen molar-refractivity contribution >= 4 is 5.91 Å². The van der Waals surface area contributed by atoms with Crippen molar-refractivity contribution in [1.29, 1.82) is 0 Å². The van der Waals surface area contributed by atoms with E-state index in [0.29, 0.717) is 25.2 Å². The van der Waals surface area contributed by atoms with E-state index in [0.717, 1.165) is 18.9 Å². The molecule has 1 amide bonds. The average Bonchev–Trinajstić information content (AvgIpc) is 2.54. The van der Waals surface area contributed by atoms with Gasteiger partial charge in [0.15, 0.2) is 0 Å². The normalized spacial score (nSPS) is 16.7. The van der Waals surface area contributed by atoms with E-state index in [1.165, 1.54) is 19.2 Å². The van der Waals surface area contributed by atoms with Gasteiger partial charge < -0.3 is 9.64 Å². The Balaban J connectivity index is 1.90. The van der Waals surface area contributed by atoms with Gasteiger partial charge in [-0.05, 0) is 31.5 Å². The van der Waals surface area contributed by atoms with Gasteiger partial charge in [-0.2, -0.15) is 13.2 Å². The van der Waals surface area contributed by atoms with Gasteiger partial charge in [-0.15, -0.1) is 0 Å². The van der Waals surface area contributed by atoms with Crippen LogP contribution in [0, 0.1) is 0 Å². The molecule has 2 rings (SSSR count). The average molecular weight is 344 g/mol. The number of piperidine rings is 1. The predicted octanol–water partition coefficient (Wildman–Crippen LogP) is 2.77. The zero-order valence-corrected chi connectivity index (χ0v) is 14.0. The minimum Gasteiger partial charge on any atom is -0.375 e. The Kier molecular flexibility index (Phi) is 6.23. The summed E-state index contributed by atoms with van der Waals surface area (Å²) in [5, 5.41) is 0. The number of amides is 1. The number of alkyl halides is 3. The van der Waals surface area contributed by atoms with Crippen LogP contribution in [-0.4, -0.2) is 55.6 Å². The van der Waals surface area contributed by atoms with E-state index >= 15 is 0 Å². The van der Waals surface area contributed by atoms with E-state index in [1.54, 1.807) is 11.0 Å². The quantitative estimate of drug-likeness (QED) is 0.823. The van der Waals surface area contributed by atoms with Crippen LogP contribution < -0.4 is 0 Å². The zero-order valence-electron chi connectivity index (χ0n) is 14.0. The molecule has 0 radical (unpaired) electrons. The van der Waals surface area contributed by atoms with Gasteiger partial charge in [-0.3, -0.25) is 9.69 Å². The van der Waals surface area contributed by atoms with Crippen LogP contribution in [0.25, 0.3) is 0 Å². The van der Waals surface area contributed by atoms with Gasteiger partial charge in [0, 0.05) is 32.8 Å². The predicted molar refractivity (Wildman–Crippen MR) is 84.4 cm³/mol. The summed E-state index contributed by atoms with van der Waals surface area (Å²) in [5.41, 5.74) is 0.0265. The van der Waals surface area contributed by atoms with Crippen molar-refractivity contribution < 1.29 is 22.7 Å². The first-order chi connectivity index (χ1) is 11.3. The topological polar surface area (TPSA) is 32.8 Å². The maximum absolute atomic E-state index is 12.8. The molecule has 0 aliphatic carbocycles. The van der Waals surface area contributed by atoms with E-state index in [4.69, 9.17) is 4.74 Å². The van der Waals surface area contributed by atoms with E-state index in [9.17, 15) is 18.0 Å². The fraction of sp³-hybridized carbons (Fsp3) is 0.588. The standard InChI is InChI=1S/C17H23F3N2O2/c1-21(11-13-4-3-5-14(10-13)17(18,19)20)15-6-8-22(9-7-15)16(23)12-24-2/h3-5,10,15H,6-9,11-12H2,1-2H3. The first-order valence-electron chi connectivity index (χ1n) is 7.94. The maximum Gasteiger partial charge on any atom is 0.416 e. The summed E-state index contributed by atoms with van der Waals surface area (Å²) in [6.45, 7) is 1.85. The number of carbonyl (C=O) groups is 1. The van der Waals surface area contributed by atoms with Crippen molar-refractivity contribution in [1.82, 2.24) is 9.80 Å². The van der Waals surface area contributed by atoms with E-state index in [1.807, 2.05) is 7.05 Å². The molecule has 4 nitrogen and oxygen atoms in total. The summed E-state index contributed by atoms with van der Waals surface area (Å²) >= 11 is 0. The Morgan fingerprint density at radius 1 is 1.33 bits per heavy atom. The van der Waals surface area contributed by atoms with Gasteiger partial charge in [-0.25, -0.2) is 0 Å². The fourth-order valence-electron chi connectivity index (χ4n) is 3.03. The lowest BCUT2D eigenvalue weighted by Gasteiger charge is -2.36. The van der Waals surface area contributed by atoms with Gasteiger partial charge in [0.05, 0.1) is 5.56 Å². The molecule has 0 bridgehead atoms. The smallest absolute Gasteiger partial charge is 0.375 e. The Bertz CT molecular complexity index is 555. The lowest BCUT2D eigenvalue weighted by atomic mass is 10.0. The molecule has 24 heavy (non-hydrogen) atoms. The van der Waals surface area contributed by atoms with Crippen molar-refractivity contribution in [2.75, 3.05) is 33.9 Å². The number of carbonyl (C=O) groups excluding carboxylic acids is 1. The lowest BCUT2D eigenvalue weighted by Crippen LogP contribution is -2.46. The number of ether oxygens (including phenoxy) is 1. The molecular weight excluding hydrogens is 321 g/mol. The Hall–Kier alpha value is -1.60. The molecule has 0 aromatic heterocycles. The van der Waals surface area contributed by atoms with Gasteiger partial charge in [0.2, 0.25) is 5.91 Å². The zero-order chi connectivity index (χ0) is 17.7. The van der Waals surface area contributed by atoms with Gasteiger partial charge in [0.25, 0.3) is 0 Å². The minimum absolute atomic E-state index is 0.0171. The molecule has 7 heteroatoms. The number of rotatable bonds is 5. The highest BCUT2D eigenvalue weighted by atomic mass is 19.4. The van der Waals surface area contributed by atoms with Crippen LogP contribution in [0.4, 0.5) is 13.2 Å². The highest BCUT2D eigenvalue weighted by Gasteiger charge is 2.30. The Morgan fingerprint density at radius 3 is 2.58 bits per heavy atom. The van der Waals surface area contributed by atoms with E-state index < -0.39 is 11.7 Å². The van der Waals surface area contributed by atoms with Gasteiger partial charge in [-0.1, -0.05) is 18.2 Å². The second kappa shape index (κ2) is 7.98. The molecular formula is C17H23F3N2O2. The third kappa shape index (κ3) is 4.95. The SMILES string of the molecule is COCC(=O)N1CCC(N(C)Cc2cccc(C(F)(F)F)c2)CC1. The summed E-state index contributed by atoms with van der Waals surface area (Å²) in [4.78, 5) is 15.6. The van der Waals surface area contributed by atoms with Gasteiger partial charge in [0.1, 0.15) is 6.61 Å². The van der Waals surface area contributed by atoms with E-state index in [2.05, 4.69) is 4.90 Å². The summed E-state index contributed by atoms with van der Waals surface area (Å²) in [7, 11) is 3.41. The molecule has 0 saturated carbocycles. The summed E-state index contributed by atoms with van der Waals surface area (Å²) in [6.07, 6.45) is -2.70. The first kappa shape index (κ1) is 18.7. The number of halogens is 3.